The van der Waals surface area contributed by atoms with Crippen LogP contribution in [0.25, 0.3) is 11.4 Å². The van der Waals surface area contributed by atoms with Gasteiger partial charge in [-0.2, -0.15) is 9.78 Å². The smallest absolute Gasteiger partial charge is 0.255 e. The number of aryl methyl sites for hydroxylation is 1. The lowest BCUT2D eigenvalue weighted by Gasteiger charge is -2.12. The number of carbonyl (C=O) groups excluding carboxylic acids is 1. The molecule has 0 radical (unpaired) electrons. The van der Waals surface area contributed by atoms with E-state index < -0.39 is 0 Å². The third-order valence-corrected chi connectivity index (χ3v) is 4.17. The molecular formula is C19H17N7O2. The van der Waals surface area contributed by atoms with Crippen LogP contribution in [0.3, 0.4) is 0 Å². The van der Waals surface area contributed by atoms with Crippen molar-refractivity contribution in [3.8, 4) is 17.1 Å². The molecule has 140 valence electrons. The van der Waals surface area contributed by atoms with Crippen LogP contribution in [0.1, 0.15) is 16.2 Å². The van der Waals surface area contributed by atoms with Crippen molar-refractivity contribution in [1.82, 2.24) is 30.0 Å². The van der Waals surface area contributed by atoms with Crippen LogP contribution in [0.4, 0.5) is 5.69 Å². The predicted molar refractivity (Wildman–Crippen MR) is 102 cm³/mol. The second-order valence-corrected chi connectivity index (χ2v) is 5.98. The van der Waals surface area contributed by atoms with Gasteiger partial charge in [0.25, 0.3) is 5.91 Å². The quantitative estimate of drug-likeness (QED) is 0.575. The lowest BCUT2D eigenvalue weighted by molar-refractivity contribution is 0.102. The highest BCUT2D eigenvalue weighted by Crippen LogP contribution is 2.26. The van der Waals surface area contributed by atoms with Crippen molar-refractivity contribution < 1.29 is 9.53 Å². The van der Waals surface area contributed by atoms with Crippen LogP contribution in [0.15, 0.2) is 60.9 Å². The summed E-state index contributed by atoms with van der Waals surface area (Å²) in [4.78, 5) is 12.7. The summed E-state index contributed by atoms with van der Waals surface area (Å²) in [5, 5.41) is 18.6. The summed E-state index contributed by atoms with van der Waals surface area (Å²) in [6, 6.07) is 14.3. The van der Waals surface area contributed by atoms with Crippen LogP contribution in [-0.4, -0.2) is 43.0 Å². The average Bonchev–Trinajstić information content (AvgIpc) is 3.40. The predicted octanol–water partition coefficient (Wildman–Crippen LogP) is 2.42. The molecule has 9 nitrogen and oxygen atoms in total. The maximum Gasteiger partial charge on any atom is 0.255 e. The molecule has 0 unspecified atom stereocenters. The van der Waals surface area contributed by atoms with Crippen LogP contribution >= 0.6 is 0 Å². The monoisotopic (exact) mass is 375 g/mol. The molecule has 2 heterocycles. The van der Waals surface area contributed by atoms with Crippen LogP contribution < -0.4 is 10.1 Å². The minimum Gasteiger partial charge on any atom is -0.494 e. The van der Waals surface area contributed by atoms with E-state index in [1.54, 1.807) is 59.9 Å². The molecule has 0 bridgehead atoms. The Morgan fingerprint density at radius 1 is 1.14 bits per heavy atom. The number of benzene rings is 2. The van der Waals surface area contributed by atoms with Gasteiger partial charge in [0.15, 0.2) is 5.82 Å². The maximum atomic E-state index is 12.7. The minimum atomic E-state index is -0.237. The van der Waals surface area contributed by atoms with E-state index in [2.05, 4.69) is 25.9 Å². The highest BCUT2D eigenvalue weighted by Gasteiger charge is 2.13. The Kier molecular flexibility index (Phi) is 4.55. The van der Waals surface area contributed by atoms with Crippen molar-refractivity contribution in [2.75, 3.05) is 12.4 Å². The number of amides is 1. The molecule has 2 aromatic heterocycles. The standard InChI is InChI=1S/C19H17N7O2/c1-13-22-23-24-26(13)17-12-15(7-8-18(17)28-2)21-19(27)14-5-3-6-16(11-14)25-10-4-9-20-25/h3-12H,1-2H3,(H,21,27). The topological polar surface area (TPSA) is 99.8 Å². The van der Waals surface area contributed by atoms with E-state index in [0.29, 0.717) is 28.5 Å². The number of rotatable bonds is 5. The van der Waals surface area contributed by atoms with E-state index >= 15 is 0 Å². The van der Waals surface area contributed by atoms with Crippen molar-refractivity contribution in [2.45, 2.75) is 6.92 Å². The van der Waals surface area contributed by atoms with E-state index in [9.17, 15) is 4.79 Å². The normalized spacial score (nSPS) is 10.6. The van der Waals surface area contributed by atoms with Gasteiger partial charge in [-0.25, -0.2) is 4.68 Å². The summed E-state index contributed by atoms with van der Waals surface area (Å²) in [6.45, 7) is 1.78. The first-order valence-corrected chi connectivity index (χ1v) is 8.50. The molecule has 0 spiro atoms. The lowest BCUT2D eigenvalue weighted by atomic mass is 10.1. The molecule has 2 aromatic carbocycles. The van der Waals surface area contributed by atoms with Crippen molar-refractivity contribution >= 4 is 11.6 Å². The second-order valence-electron chi connectivity index (χ2n) is 5.98. The Hall–Kier alpha value is -4.01. The zero-order chi connectivity index (χ0) is 19.5. The second kappa shape index (κ2) is 7.31. The van der Waals surface area contributed by atoms with Gasteiger partial charge < -0.3 is 10.1 Å². The van der Waals surface area contributed by atoms with Crippen molar-refractivity contribution in [1.29, 1.82) is 0 Å². The lowest BCUT2D eigenvalue weighted by Crippen LogP contribution is -2.13. The van der Waals surface area contributed by atoms with Gasteiger partial charge in [-0.05, 0) is 59.8 Å². The molecule has 0 atom stereocenters. The fraction of sp³-hybridized carbons (Fsp3) is 0.105. The van der Waals surface area contributed by atoms with Crippen molar-refractivity contribution in [2.24, 2.45) is 0 Å². The summed E-state index contributed by atoms with van der Waals surface area (Å²) >= 11 is 0. The number of tetrazole rings is 1. The van der Waals surface area contributed by atoms with Crippen LogP contribution in [0, 0.1) is 6.92 Å². The summed E-state index contributed by atoms with van der Waals surface area (Å²) in [6.07, 6.45) is 3.51. The number of ether oxygens (including phenoxy) is 1. The third kappa shape index (κ3) is 3.32. The highest BCUT2D eigenvalue weighted by atomic mass is 16.5. The fourth-order valence-electron chi connectivity index (χ4n) is 2.80. The highest BCUT2D eigenvalue weighted by molar-refractivity contribution is 6.04. The zero-order valence-electron chi connectivity index (χ0n) is 15.3. The van der Waals surface area contributed by atoms with Gasteiger partial charge in [0.2, 0.25) is 0 Å². The first-order chi connectivity index (χ1) is 13.7. The first kappa shape index (κ1) is 17.4. The number of hydrogen-bond donors (Lipinski definition) is 1. The maximum absolute atomic E-state index is 12.7. The van der Waals surface area contributed by atoms with Gasteiger partial charge in [0.1, 0.15) is 11.4 Å². The Morgan fingerprint density at radius 3 is 2.75 bits per heavy atom. The van der Waals surface area contributed by atoms with E-state index in [1.165, 1.54) is 0 Å². The van der Waals surface area contributed by atoms with Crippen molar-refractivity contribution in [3.05, 3.63) is 72.3 Å². The zero-order valence-corrected chi connectivity index (χ0v) is 15.3. The van der Waals surface area contributed by atoms with Gasteiger partial charge in [0.05, 0.1) is 12.8 Å². The van der Waals surface area contributed by atoms with Crippen LogP contribution in [0.2, 0.25) is 0 Å². The summed E-state index contributed by atoms with van der Waals surface area (Å²) < 4.78 is 8.63. The van der Waals surface area contributed by atoms with E-state index in [0.717, 1.165) is 5.69 Å². The molecule has 4 rings (SSSR count). The van der Waals surface area contributed by atoms with Gasteiger partial charge >= 0.3 is 0 Å². The molecule has 9 heteroatoms. The summed E-state index contributed by atoms with van der Waals surface area (Å²) in [7, 11) is 1.57. The molecular weight excluding hydrogens is 358 g/mol. The Bertz CT molecular complexity index is 1120. The molecule has 1 N–H and O–H groups in total. The van der Waals surface area contributed by atoms with Crippen molar-refractivity contribution in [3.63, 3.8) is 0 Å². The molecule has 1 amide bonds. The Labute approximate surface area is 160 Å². The molecule has 0 aliphatic rings. The van der Waals surface area contributed by atoms with Gasteiger partial charge in [0, 0.05) is 23.6 Å². The molecule has 0 fully saturated rings. The molecule has 0 saturated heterocycles. The number of nitrogens with one attached hydrogen (secondary N) is 1. The largest absolute Gasteiger partial charge is 0.494 e. The Balaban J connectivity index is 1.62. The molecule has 28 heavy (non-hydrogen) atoms. The third-order valence-electron chi connectivity index (χ3n) is 4.17. The fourth-order valence-corrected chi connectivity index (χ4v) is 2.80. The van der Waals surface area contributed by atoms with Gasteiger partial charge in [-0.1, -0.05) is 6.07 Å². The minimum absolute atomic E-state index is 0.237. The van der Waals surface area contributed by atoms with E-state index in [1.807, 2.05) is 24.4 Å². The number of anilines is 1. The molecule has 0 saturated carbocycles. The summed E-state index contributed by atoms with van der Waals surface area (Å²) in [5.74, 6) is 0.960. The van der Waals surface area contributed by atoms with E-state index in [4.69, 9.17) is 4.74 Å². The van der Waals surface area contributed by atoms with Crippen LogP contribution in [-0.2, 0) is 0 Å². The SMILES string of the molecule is COc1ccc(NC(=O)c2cccc(-n3cccn3)c2)cc1-n1nnnc1C. The number of hydrogen-bond acceptors (Lipinski definition) is 6. The van der Waals surface area contributed by atoms with Gasteiger partial charge in [-0.15, -0.1) is 5.10 Å². The Morgan fingerprint density at radius 2 is 2.04 bits per heavy atom. The molecule has 4 aromatic rings. The molecule has 0 aliphatic carbocycles. The summed E-state index contributed by atoms with van der Waals surface area (Å²) in [5.41, 5.74) is 2.55. The number of nitrogens with zero attached hydrogens (tertiary/aromatic N) is 6. The first-order valence-electron chi connectivity index (χ1n) is 8.50. The van der Waals surface area contributed by atoms with Gasteiger partial charge in [-0.3, -0.25) is 4.79 Å². The van der Waals surface area contributed by atoms with E-state index in [-0.39, 0.29) is 5.91 Å². The van der Waals surface area contributed by atoms with Crippen LogP contribution in [0.5, 0.6) is 5.75 Å². The average molecular weight is 375 g/mol. The number of carbonyl (C=O) groups is 1. The molecule has 0 aliphatic heterocycles. The number of methoxy groups -OCH3 is 1. The number of aromatic nitrogens is 6.